The van der Waals surface area contributed by atoms with Gasteiger partial charge in [-0.2, -0.15) is 15.1 Å². The largest absolute Gasteiger partial charge is 0.490 e. The van der Waals surface area contributed by atoms with Crippen molar-refractivity contribution in [2.24, 2.45) is 10.1 Å². The number of hydrogen-bond acceptors (Lipinski definition) is 7. The van der Waals surface area contributed by atoms with E-state index in [1.54, 1.807) is 36.4 Å². The molecule has 192 valence electrons. The van der Waals surface area contributed by atoms with Crippen LogP contribution in [-0.4, -0.2) is 40.2 Å². The van der Waals surface area contributed by atoms with Gasteiger partial charge < -0.3 is 14.2 Å². The molecule has 1 amide bonds. The molecule has 0 radical (unpaired) electrons. The summed E-state index contributed by atoms with van der Waals surface area (Å²) in [4.78, 5) is 16.9. The van der Waals surface area contributed by atoms with E-state index in [4.69, 9.17) is 19.6 Å². The molecule has 5 rings (SSSR count). The van der Waals surface area contributed by atoms with Crippen molar-refractivity contribution in [2.75, 3.05) is 13.2 Å². The highest BCUT2D eigenvalue weighted by molar-refractivity contribution is 8.27. The van der Waals surface area contributed by atoms with E-state index in [-0.39, 0.29) is 30.4 Å². The summed E-state index contributed by atoms with van der Waals surface area (Å²) in [5.41, 5.74) is 1.55. The third-order valence-corrected chi connectivity index (χ3v) is 6.37. The summed E-state index contributed by atoms with van der Waals surface area (Å²) in [5, 5.41) is 15.3. The quantitative estimate of drug-likeness (QED) is 0.367. The Morgan fingerprint density at radius 3 is 2.53 bits per heavy atom. The molecule has 0 saturated heterocycles. The van der Waals surface area contributed by atoms with Crippen LogP contribution in [-0.2, 0) is 11.4 Å². The number of carbonyl (C=O) groups is 1. The van der Waals surface area contributed by atoms with E-state index >= 15 is 0 Å². The molecule has 2 aliphatic heterocycles. The second-order valence-electron chi connectivity index (χ2n) is 8.17. The maximum atomic E-state index is 13.2. The van der Waals surface area contributed by atoms with Gasteiger partial charge in [0.1, 0.15) is 29.8 Å². The SMILES string of the molecule is CCOc1cc(/C=C2/C(=N)N3N=C(COc4ccccc4)SC3=NC2=O)ccc1OCc1ccc(F)cc1. The fraction of sp³-hybridized carbons (Fsp3) is 0.143. The van der Waals surface area contributed by atoms with Gasteiger partial charge in [0.2, 0.25) is 5.17 Å². The predicted octanol–water partition coefficient (Wildman–Crippen LogP) is 5.50. The number of fused-ring (bicyclic) bond motifs is 1. The van der Waals surface area contributed by atoms with Gasteiger partial charge in [0.25, 0.3) is 5.91 Å². The first kappa shape index (κ1) is 25.2. The Morgan fingerprint density at radius 2 is 1.76 bits per heavy atom. The standard InChI is InChI=1S/C28H23FN4O4S/c1-2-35-24-15-19(10-13-23(24)37-16-18-8-11-20(29)12-9-18)14-22-26(30)33-28(31-27(22)34)38-25(32-33)17-36-21-6-4-3-5-7-21/h3-15,30H,2,16-17H2,1H3/b22-14-,30-26?. The zero-order valence-electron chi connectivity index (χ0n) is 20.4. The highest BCUT2D eigenvalue weighted by atomic mass is 32.2. The summed E-state index contributed by atoms with van der Waals surface area (Å²) in [7, 11) is 0. The Morgan fingerprint density at radius 1 is 0.974 bits per heavy atom. The average Bonchev–Trinajstić information content (AvgIpc) is 3.34. The fourth-order valence-electron chi connectivity index (χ4n) is 3.66. The number of halogens is 1. The predicted molar refractivity (Wildman–Crippen MR) is 145 cm³/mol. The number of carbonyl (C=O) groups excluding carboxylic acids is 1. The number of hydrazone groups is 1. The first-order valence-corrected chi connectivity index (χ1v) is 12.6. The van der Waals surface area contributed by atoms with E-state index in [0.29, 0.717) is 39.6 Å². The molecule has 10 heteroatoms. The lowest BCUT2D eigenvalue weighted by atomic mass is 10.1. The summed E-state index contributed by atoms with van der Waals surface area (Å²) < 4.78 is 30.5. The normalized spacial score (nSPS) is 15.7. The number of amides is 1. The van der Waals surface area contributed by atoms with Gasteiger partial charge in [-0.3, -0.25) is 10.2 Å². The van der Waals surface area contributed by atoms with Gasteiger partial charge in [-0.1, -0.05) is 36.4 Å². The lowest BCUT2D eigenvalue weighted by molar-refractivity contribution is -0.114. The molecule has 38 heavy (non-hydrogen) atoms. The van der Waals surface area contributed by atoms with Gasteiger partial charge in [0.05, 0.1) is 12.2 Å². The van der Waals surface area contributed by atoms with E-state index in [0.717, 1.165) is 5.56 Å². The van der Waals surface area contributed by atoms with Crippen molar-refractivity contribution >= 4 is 39.8 Å². The summed E-state index contributed by atoms with van der Waals surface area (Å²) >= 11 is 1.20. The lowest BCUT2D eigenvalue weighted by Crippen LogP contribution is -2.35. The Hall–Kier alpha value is -4.44. The van der Waals surface area contributed by atoms with Gasteiger partial charge in [-0.15, -0.1) is 0 Å². The third kappa shape index (κ3) is 5.76. The van der Waals surface area contributed by atoms with Crippen molar-refractivity contribution in [2.45, 2.75) is 13.5 Å². The Bertz CT molecular complexity index is 1460. The zero-order chi connectivity index (χ0) is 26.5. The van der Waals surface area contributed by atoms with E-state index in [2.05, 4.69) is 10.1 Å². The number of nitrogens with zero attached hydrogens (tertiary/aromatic N) is 3. The maximum absolute atomic E-state index is 13.2. The summed E-state index contributed by atoms with van der Waals surface area (Å²) in [6.45, 7) is 2.70. The maximum Gasteiger partial charge on any atom is 0.283 e. The number of benzene rings is 3. The highest BCUT2D eigenvalue weighted by Gasteiger charge is 2.35. The van der Waals surface area contributed by atoms with Crippen LogP contribution >= 0.6 is 11.8 Å². The van der Waals surface area contributed by atoms with Crippen LogP contribution in [0.4, 0.5) is 4.39 Å². The molecule has 0 aromatic heterocycles. The van der Waals surface area contributed by atoms with E-state index in [9.17, 15) is 9.18 Å². The van der Waals surface area contributed by atoms with Crippen LogP contribution in [0, 0.1) is 11.2 Å². The van der Waals surface area contributed by atoms with Gasteiger partial charge in [-0.05, 0) is 72.3 Å². The summed E-state index contributed by atoms with van der Waals surface area (Å²) in [6.07, 6.45) is 1.58. The van der Waals surface area contributed by atoms with Crippen molar-refractivity contribution < 1.29 is 23.4 Å². The molecule has 0 bridgehead atoms. The molecule has 2 aliphatic rings. The van der Waals surface area contributed by atoms with Crippen molar-refractivity contribution in [1.82, 2.24) is 5.01 Å². The van der Waals surface area contributed by atoms with E-state index < -0.39 is 5.91 Å². The molecular weight excluding hydrogens is 507 g/mol. The molecular formula is C28H23FN4O4S. The topological polar surface area (TPSA) is 96.6 Å². The fourth-order valence-corrected chi connectivity index (χ4v) is 4.46. The molecule has 0 fully saturated rings. The number of thioether (sulfide) groups is 1. The van der Waals surface area contributed by atoms with Gasteiger partial charge in [0, 0.05) is 0 Å². The van der Waals surface area contributed by atoms with Crippen LogP contribution in [0.5, 0.6) is 17.2 Å². The minimum atomic E-state index is -0.524. The van der Waals surface area contributed by atoms with Crippen LogP contribution in [0.15, 0.2) is 88.5 Å². The van der Waals surface area contributed by atoms with Gasteiger partial charge >= 0.3 is 0 Å². The van der Waals surface area contributed by atoms with Gasteiger partial charge in [0.15, 0.2) is 17.3 Å². The average molecular weight is 531 g/mol. The lowest BCUT2D eigenvalue weighted by Gasteiger charge is -2.20. The minimum absolute atomic E-state index is 0.0724. The number of rotatable bonds is 9. The van der Waals surface area contributed by atoms with Crippen LogP contribution < -0.4 is 14.2 Å². The first-order valence-electron chi connectivity index (χ1n) is 11.8. The molecule has 3 aromatic carbocycles. The second-order valence-corrected chi connectivity index (χ2v) is 9.21. The smallest absolute Gasteiger partial charge is 0.283 e. The number of hydrogen-bond donors (Lipinski definition) is 1. The molecule has 0 aliphatic carbocycles. The van der Waals surface area contributed by atoms with Crippen molar-refractivity contribution in [3.8, 4) is 17.2 Å². The molecule has 2 heterocycles. The molecule has 1 N–H and O–H groups in total. The number of ether oxygens (including phenoxy) is 3. The van der Waals surface area contributed by atoms with Crippen molar-refractivity contribution in [3.05, 3.63) is 95.3 Å². The summed E-state index contributed by atoms with van der Waals surface area (Å²) in [5.74, 6) is 0.783. The molecule has 0 spiro atoms. The molecule has 0 atom stereocenters. The van der Waals surface area contributed by atoms with Crippen LogP contribution in [0.2, 0.25) is 0 Å². The molecule has 3 aromatic rings. The highest BCUT2D eigenvalue weighted by Crippen LogP contribution is 2.32. The number of amidine groups is 2. The Kier molecular flexibility index (Phi) is 7.50. The second kappa shape index (κ2) is 11.3. The molecule has 0 unspecified atom stereocenters. The minimum Gasteiger partial charge on any atom is -0.490 e. The Labute approximate surface area is 222 Å². The monoisotopic (exact) mass is 530 g/mol. The van der Waals surface area contributed by atoms with E-state index in [1.165, 1.54) is 28.9 Å². The van der Waals surface area contributed by atoms with Crippen molar-refractivity contribution in [3.63, 3.8) is 0 Å². The number of nitrogens with one attached hydrogen (secondary N) is 1. The third-order valence-electron chi connectivity index (χ3n) is 5.49. The number of aliphatic imine (C=N–C) groups is 1. The number of para-hydroxylation sites is 1. The van der Waals surface area contributed by atoms with Crippen LogP contribution in [0.1, 0.15) is 18.1 Å². The first-order chi connectivity index (χ1) is 18.5. The molecule has 8 nitrogen and oxygen atoms in total. The summed E-state index contributed by atoms with van der Waals surface area (Å²) in [6, 6.07) is 20.6. The molecule has 0 saturated carbocycles. The van der Waals surface area contributed by atoms with Crippen LogP contribution in [0.25, 0.3) is 6.08 Å². The van der Waals surface area contributed by atoms with Crippen molar-refractivity contribution in [1.29, 1.82) is 5.41 Å². The van der Waals surface area contributed by atoms with E-state index in [1.807, 2.05) is 37.3 Å². The van der Waals surface area contributed by atoms with Crippen LogP contribution in [0.3, 0.4) is 0 Å². The Balaban J connectivity index is 1.31. The van der Waals surface area contributed by atoms with Gasteiger partial charge in [-0.25, -0.2) is 4.39 Å². The zero-order valence-corrected chi connectivity index (χ0v) is 21.2.